The van der Waals surface area contributed by atoms with Gasteiger partial charge in [0.25, 0.3) is 0 Å². The normalized spacial score (nSPS) is 11.3. The van der Waals surface area contributed by atoms with E-state index in [1.165, 1.54) is 5.56 Å². The fourth-order valence-electron chi connectivity index (χ4n) is 1.99. The Morgan fingerprint density at radius 1 is 1.10 bits per heavy atom. The van der Waals surface area contributed by atoms with Crippen LogP contribution in [0.2, 0.25) is 5.02 Å². The van der Waals surface area contributed by atoms with E-state index in [0.29, 0.717) is 0 Å². The highest BCUT2D eigenvalue weighted by Crippen LogP contribution is 2.24. The van der Waals surface area contributed by atoms with Crippen molar-refractivity contribution in [2.45, 2.75) is 19.3 Å². The zero-order valence-electron chi connectivity index (χ0n) is 11.6. The zero-order chi connectivity index (χ0) is 14.4. The van der Waals surface area contributed by atoms with Crippen molar-refractivity contribution in [2.24, 2.45) is 0 Å². The van der Waals surface area contributed by atoms with Crippen LogP contribution in [0.25, 0.3) is 0 Å². The summed E-state index contributed by atoms with van der Waals surface area (Å²) in [5, 5.41) is 0.749. The first-order valence-corrected chi connectivity index (χ1v) is 6.99. The number of rotatable bonds is 3. The molecule has 1 unspecified atom stereocenters. The third-order valence-corrected chi connectivity index (χ3v) is 3.24. The van der Waals surface area contributed by atoms with Crippen molar-refractivity contribution in [2.75, 3.05) is 0 Å². The van der Waals surface area contributed by atoms with Crippen LogP contribution in [0.5, 0.6) is 0 Å². The molecule has 1 heteroatoms. The summed E-state index contributed by atoms with van der Waals surface area (Å²) < 4.78 is 0. The number of halogens is 1. The summed E-state index contributed by atoms with van der Waals surface area (Å²) in [7, 11) is 0. The zero-order valence-corrected chi connectivity index (χ0v) is 12.3. The van der Waals surface area contributed by atoms with E-state index in [1.807, 2.05) is 61.5 Å². The molecule has 0 aliphatic heterocycles. The molecule has 2 aromatic rings. The Balaban J connectivity index is 2.27. The molecule has 20 heavy (non-hydrogen) atoms. The second-order valence-corrected chi connectivity index (χ2v) is 5.34. The van der Waals surface area contributed by atoms with Crippen LogP contribution >= 0.6 is 11.6 Å². The molecular formula is C19H17Cl. The quantitative estimate of drug-likeness (QED) is 0.519. The molecule has 0 nitrogen and oxygen atoms in total. The van der Waals surface area contributed by atoms with Crippen LogP contribution in [-0.2, 0) is 0 Å². The van der Waals surface area contributed by atoms with E-state index in [1.54, 1.807) is 0 Å². The van der Waals surface area contributed by atoms with Gasteiger partial charge in [-0.3, -0.25) is 0 Å². The predicted molar refractivity (Wildman–Crippen MR) is 86.9 cm³/mol. The highest BCUT2D eigenvalue weighted by atomic mass is 35.5. The number of allylic oxidation sites excluding steroid dienone is 1. The molecule has 0 heterocycles. The van der Waals surface area contributed by atoms with Gasteiger partial charge in [-0.25, -0.2) is 0 Å². The average Bonchev–Trinajstić information content (AvgIpc) is 2.45. The first kappa shape index (κ1) is 14.4. The maximum Gasteiger partial charge on any atom is 0.0492 e. The minimum Gasteiger partial charge on any atom is -0.100 e. The molecule has 0 saturated carbocycles. The highest BCUT2D eigenvalue weighted by Gasteiger charge is 2.08. The summed E-state index contributed by atoms with van der Waals surface area (Å²) in [6, 6.07) is 17.9. The van der Waals surface area contributed by atoms with Gasteiger partial charge in [-0.1, -0.05) is 59.3 Å². The lowest BCUT2D eigenvalue weighted by atomic mass is 9.93. The molecule has 0 aliphatic rings. The van der Waals surface area contributed by atoms with Gasteiger partial charge in [-0.05, 0) is 43.2 Å². The summed E-state index contributed by atoms with van der Waals surface area (Å²) in [5.41, 5.74) is 3.35. The van der Waals surface area contributed by atoms with Gasteiger partial charge in [0.2, 0.25) is 0 Å². The van der Waals surface area contributed by atoms with E-state index >= 15 is 0 Å². The fourth-order valence-corrected chi connectivity index (χ4v) is 2.11. The number of hydrogen-bond donors (Lipinski definition) is 0. The maximum absolute atomic E-state index is 5.94. The van der Waals surface area contributed by atoms with Gasteiger partial charge < -0.3 is 0 Å². The van der Waals surface area contributed by atoms with E-state index in [-0.39, 0.29) is 5.92 Å². The fraction of sp³-hybridized carbons (Fsp3) is 0.158. The summed E-state index contributed by atoms with van der Waals surface area (Å²) >= 11 is 5.94. The van der Waals surface area contributed by atoms with Gasteiger partial charge in [0.1, 0.15) is 0 Å². The standard InChI is InChI=1S/C19H17Cl/c1-15(2)14-18(17-10-12-19(20)13-11-17)9-8-16-6-4-3-5-7-16/h3-7,10-13,18H,1,14H2,2H3. The topological polar surface area (TPSA) is 0 Å². The molecule has 0 radical (unpaired) electrons. The molecule has 0 spiro atoms. The largest absolute Gasteiger partial charge is 0.100 e. The summed E-state index contributed by atoms with van der Waals surface area (Å²) in [4.78, 5) is 0. The third-order valence-electron chi connectivity index (χ3n) is 2.99. The predicted octanol–water partition coefficient (Wildman–Crippen LogP) is 5.44. The van der Waals surface area contributed by atoms with Crippen molar-refractivity contribution in [3.05, 3.63) is 82.9 Å². The van der Waals surface area contributed by atoms with Crippen LogP contribution in [0.1, 0.15) is 30.4 Å². The molecule has 0 aromatic heterocycles. The van der Waals surface area contributed by atoms with Gasteiger partial charge >= 0.3 is 0 Å². The van der Waals surface area contributed by atoms with Crippen molar-refractivity contribution in [1.29, 1.82) is 0 Å². The molecule has 0 aliphatic carbocycles. The molecule has 0 N–H and O–H groups in total. The van der Waals surface area contributed by atoms with Gasteiger partial charge in [0, 0.05) is 16.5 Å². The van der Waals surface area contributed by atoms with E-state index in [9.17, 15) is 0 Å². The second-order valence-electron chi connectivity index (χ2n) is 4.90. The molecule has 0 amide bonds. The minimum absolute atomic E-state index is 0.157. The van der Waals surface area contributed by atoms with Crippen LogP contribution in [0.4, 0.5) is 0 Å². The second kappa shape index (κ2) is 6.98. The van der Waals surface area contributed by atoms with Crippen LogP contribution in [0.15, 0.2) is 66.7 Å². The molecule has 100 valence electrons. The van der Waals surface area contributed by atoms with Crippen LogP contribution < -0.4 is 0 Å². The minimum atomic E-state index is 0.157. The SMILES string of the molecule is C=C(C)CC(C#Cc1ccccc1)c1ccc(Cl)cc1. The van der Waals surface area contributed by atoms with Crippen molar-refractivity contribution >= 4 is 11.6 Å². The number of benzene rings is 2. The molecule has 0 bridgehead atoms. The van der Waals surface area contributed by atoms with E-state index in [0.717, 1.165) is 22.6 Å². The Morgan fingerprint density at radius 2 is 1.75 bits per heavy atom. The summed E-state index contributed by atoms with van der Waals surface area (Å²) in [5.74, 6) is 6.75. The Kier molecular flexibility index (Phi) is 5.04. The monoisotopic (exact) mass is 280 g/mol. The first-order chi connectivity index (χ1) is 9.65. The van der Waals surface area contributed by atoms with E-state index < -0.39 is 0 Å². The van der Waals surface area contributed by atoms with Crippen molar-refractivity contribution in [1.82, 2.24) is 0 Å². The number of hydrogen-bond acceptors (Lipinski definition) is 0. The maximum atomic E-state index is 5.94. The molecular weight excluding hydrogens is 264 g/mol. The highest BCUT2D eigenvalue weighted by molar-refractivity contribution is 6.30. The van der Waals surface area contributed by atoms with Crippen LogP contribution in [0.3, 0.4) is 0 Å². The Labute approximate surface area is 126 Å². The molecule has 0 fully saturated rings. The van der Waals surface area contributed by atoms with Crippen LogP contribution in [0, 0.1) is 11.8 Å². The Hall–Kier alpha value is -1.97. The lowest BCUT2D eigenvalue weighted by molar-refractivity contribution is 0.853. The molecule has 2 rings (SSSR count). The lowest BCUT2D eigenvalue weighted by Crippen LogP contribution is -1.96. The van der Waals surface area contributed by atoms with Gasteiger partial charge in [-0.15, -0.1) is 6.58 Å². The van der Waals surface area contributed by atoms with Crippen molar-refractivity contribution in [3.8, 4) is 11.8 Å². The van der Waals surface area contributed by atoms with Crippen molar-refractivity contribution in [3.63, 3.8) is 0 Å². The smallest absolute Gasteiger partial charge is 0.0492 e. The van der Waals surface area contributed by atoms with Crippen LogP contribution in [-0.4, -0.2) is 0 Å². The molecule has 1 atom stereocenters. The third kappa shape index (κ3) is 4.30. The Morgan fingerprint density at radius 3 is 2.35 bits per heavy atom. The van der Waals surface area contributed by atoms with E-state index in [2.05, 4.69) is 18.4 Å². The molecule has 2 aromatic carbocycles. The molecule has 0 saturated heterocycles. The van der Waals surface area contributed by atoms with Crippen molar-refractivity contribution < 1.29 is 0 Å². The van der Waals surface area contributed by atoms with Gasteiger partial charge in [0.05, 0.1) is 0 Å². The summed E-state index contributed by atoms with van der Waals surface area (Å²) in [6.45, 7) is 6.03. The lowest BCUT2D eigenvalue weighted by Gasteiger charge is -2.11. The summed E-state index contributed by atoms with van der Waals surface area (Å²) in [6.07, 6.45) is 0.863. The van der Waals surface area contributed by atoms with Gasteiger partial charge in [-0.2, -0.15) is 0 Å². The van der Waals surface area contributed by atoms with Gasteiger partial charge in [0.15, 0.2) is 0 Å². The Bertz CT molecular complexity index is 627. The average molecular weight is 281 g/mol. The van der Waals surface area contributed by atoms with E-state index in [4.69, 9.17) is 11.6 Å². The first-order valence-electron chi connectivity index (χ1n) is 6.61.